The number of para-hydroxylation sites is 1. The van der Waals surface area contributed by atoms with Crippen LogP contribution in [0.5, 0.6) is 0 Å². The number of carbonyl (C=O) groups is 1. The monoisotopic (exact) mass is 407 g/mol. The Bertz CT molecular complexity index is 1130. The van der Waals surface area contributed by atoms with Crippen molar-refractivity contribution in [2.24, 2.45) is 0 Å². The number of fused-ring (bicyclic) bond motifs is 3. The average molecular weight is 408 g/mol. The minimum Gasteiger partial charge on any atom is -0.294 e. The van der Waals surface area contributed by atoms with Gasteiger partial charge in [0.1, 0.15) is 0 Å². The maximum atomic E-state index is 13.7. The first-order valence-electron chi connectivity index (χ1n) is 9.82. The Morgan fingerprint density at radius 1 is 1.07 bits per heavy atom. The number of ketones is 1. The van der Waals surface area contributed by atoms with Gasteiger partial charge in [-0.05, 0) is 63.5 Å². The third-order valence-electron chi connectivity index (χ3n) is 5.88. The molecule has 5 heteroatoms. The van der Waals surface area contributed by atoms with Crippen molar-refractivity contribution in [3.05, 3.63) is 83.5 Å². The molecule has 29 heavy (non-hydrogen) atoms. The molecular formula is C24H25NO3S. The Morgan fingerprint density at radius 2 is 1.72 bits per heavy atom. The first-order valence-corrected chi connectivity index (χ1v) is 11.3. The first-order chi connectivity index (χ1) is 13.8. The Kier molecular flexibility index (Phi) is 4.74. The van der Waals surface area contributed by atoms with E-state index in [1.165, 1.54) is 4.31 Å². The highest BCUT2D eigenvalue weighted by molar-refractivity contribution is 7.92. The van der Waals surface area contributed by atoms with Crippen molar-refractivity contribution in [3.63, 3.8) is 0 Å². The van der Waals surface area contributed by atoms with E-state index in [1.54, 1.807) is 36.4 Å². The molecule has 1 aliphatic carbocycles. The van der Waals surface area contributed by atoms with E-state index in [-0.39, 0.29) is 10.7 Å². The van der Waals surface area contributed by atoms with Crippen LogP contribution in [0.15, 0.2) is 82.8 Å². The highest BCUT2D eigenvalue weighted by Crippen LogP contribution is 2.54. The van der Waals surface area contributed by atoms with E-state index in [0.717, 1.165) is 16.7 Å². The SMILES string of the molecule is CC(C)=CC(=O)[C@@]12CC(C)=CC[C@@H]1N(S(=O)(=O)c1ccccc1)c1ccccc12. The van der Waals surface area contributed by atoms with Gasteiger partial charge >= 0.3 is 0 Å². The summed E-state index contributed by atoms with van der Waals surface area (Å²) in [5.41, 5.74) is 2.55. The van der Waals surface area contributed by atoms with Gasteiger partial charge in [-0.15, -0.1) is 0 Å². The van der Waals surface area contributed by atoms with Gasteiger partial charge in [0, 0.05) is 0 Å². The number of benzene rings is 2. The molecule has 0 saturated heterocycles. The predicted molar refractivity (Wildman–Crippen MR) is 115 cm³/mol. The molecule has 0 radical (unpaired) electrons. The van der Waals surface area contributed by atoms with E-state index in [4.69, 9.17) is 0 Å². The van der Waals surface area contributed by atoms with Crippen molar-refractivity contribution in [3.8, 4) is 0 Å². The van der Waals surface area contributed by atoms with Gasteiger partial charge in [0.25, 0.3) is 10.0 Å². The van der Waals surface area contributed by atoms with Crippen LogP contribution in [0.3, 0.4) is 0 Å². The second kappa shape index (κ2) is 6.99. The topological polar surface area (TPSA) is 54.5 Å². The van der Waals surface area contributed by atoms with Crippen LogP contribution in [0.2, 0.25) is 0 Å². The van der Waals surface area contributed by atoms with E-state index in [9.17, 15) is 13.2 Å². The number of hydrogen-bond acceptors (Lipinski definition) is 3. The van der Waals surface area contributed by atoms with Gasteiger partial charge in [0.05, 0.1) is 22.0 Å². The van der Waals surface area contributed by atoms with Crippen LogP contribution < -0.4 is 4.31 Å². The van der Waals surface area contributed by atoms with E-state index >= 15 is 0 Å². The van der Waals surface area contributed by atoms with Crippen LogP contribution in [0.1, 0.15) is 39.2 Å². The lowest BCUT2D eigenvalue weighted by Crippen LogP contribution is -2.52. The lowest BCUT2D eigenvalue weighted by atomic mass is 9.65. The number of allylic oxidation sites excluding steroid dienone is 3. The van der Waals surface area contributed by atoms with Gasteiger partial charge in [0.2, 0.25) is 0 Å². The quantitative estimate of drug-likeness (QED) is 0.541. The smallest absolute Gasteiger partial charge is 0.264 e. The zero-order valence-corrected chi connectivity index (χ0v) is 17.7. The van der Waals surface area contributed by atoms with Crippen LogP contribution in [-0.2, 0) is 20.2 Å². The van der Waals surface area contributed by atoms with Crippen molar-refractivity contribution in [1.82, 2.24) is 0 Å². The van der Waals surface area contributed by atoms with Crippen molar-refractivity contribution in [2.75, 3.05) is 4.31 Å². The van der Waals surface area contributed by atoms with Crippen LogP contribution in [0.25, 0.3) is 0 Å². The summed E-state index contributed by atoms with van der Waals surface area (Å²) in [6.45, 7) is 5.81. The number of anilines is 1. The third-order valence-corrected chi connectivity index (χ3v) is 7.72. The summed E-state index contributed by atoms with van der Waals surface area (Å²) in [4.78, 5) is 13.8. The molecule has 0 bridgehead atoms. The summed E-state index contributed by atoms with van der Waals surface area (Å²) >= 11 is 0. The minimum absolute atomic E-state index is 0.0202. The second-order valence-corrected chi connectivity index (χ2v) is 9.98. The molecule has 150 valence electrons. The van der Waals surface area contributed by atoms with E-state index in [0.29, 0.717) is 18.5 Å². The largest absolute Gasteiger partial charge is 0.294 e. The lowest BCUT2D eigenvalue weighted by molar-refractivity contribution is -0.120. The molecule has 4 nitrogen and oxygen atoms in total. The fraction of sp³-hybridized carbons (Fsp3) is 0.292. The van der Waals surface area contributed by atoms with E-state index in [2.05, 4.69) is 6.08 Å². The normalized spacial score (nSPS) is 23.1. The lowest BCUT2D eigenvalue weighted by Gasteiger charge is -2.40. The van der Waals surface area contributed by atoms with Crippen molar-refractivity contribution >= 4 is 21.5 Å². The Balaban J connectivity index is 1.99. The molecule has 0 spiro atoms. The molecule has 4 rings (SSSR count). The summed E-state index contributed by atoms with van der Waals surface area (Å²) in [6.07, 6.45) is 4.77. The highest BCUT2D eigenvalue weighted by Gasteiger charge is 2.58. The predicted octanol–water partition coefficient (Wildman–Crippen LogP) is 4.78. The standard InChI is InChI=1S/C24H25NO3S/c1-17(2)15-23(26)24-16-18(3)13-14-22(24)25(21-12-8-7-11-20(21)24)29(27,28)19-9-5-4-6-10-19/h4-13,15,22H,14,16H2,1-3H3/t22-,24+/m0/s1. The number of hydrogen-bond donors (Lipinski definition) is 0. The van der Waals surface area contributed by atoms with Crippen LogP contribution >= 0.6 is 0 Å². The Labute approximate surface area is 172 Å². The summed E-state index contributed by atoms with van der Waals surface area (Å²) in [5, 5.41) is 0. The van der Waals surface area contributed by atoms with Gasteiger partial charge in [0.15, 0.2) is 5.78 Å². The summed E-state index contributed by atoms with van der Waals surface area (Å²) in [6, 6.07) is 15.5. The molecule has 0 N–H and O–H groups in total. The Morgan fingerprint density at radius 3 is 2.41 bits per heavy atom. The number of rotatable bonds is 4. The highest BCUT2D eigenvalue weighted by atomic mass is 32.2. The molecule has 0 saturated carbocycles. The Hall–Kier alpha value is -2.66. The molecule has 1 heterocycles. The fourth-order valence-corrected chi connectivity index (χ4v) is 6.45. The number of nitrogens with zero attached hydrogens (tertiary/aromatic N) is 1. The fourth-order valence-electron chi connectivity index (χ4n) is 4.70. The minimum atomic E-state index is -3.81. The summed E-state index contributed by atoms with van der Waals surface area (Å²) in [7, 11) is -3.81. The number of sulfonamides is 1. The van der Waals surface area contributed by atoms with Gasteiger partial charge in [-0.25, -0.2) is 8.42 Å². The van der Waals surface area contributed by atoms with Crippen molar-refractivity contribution in [2.45, 2.75) is 50.0 Å². The maximum absolute atomic E-state index is 13.7. The molecule has 0 unspecified atom stereocenters. The van der Waals surface area contributed by atoms with Crippen LogP contribution in [0.4, 0.5) is 5.69 Å². The van der Waals surface area contributed by atoms with Gasteiger partial charge in [-0.1, -0.05) is 53.6 Å². The van der Waals surface area contributed by atoms with E-state index < -0.39 is 21.5 Å². The summed E-state index contributed by atoms with van der Waals surface area (Å²) in [5.74, 6) is -0.0202. The molecular weight excluding hydrogens is 382 g/mol. The van der Waals surface area contributed by atoms with Crippen molar-refractivity contribution in [1.29, 1.82) is 0 Å². The molecule has 2 aliphatic rings. The summed E-state index contributed by atoms with van der Waals surface area (Å²) < 4.78 is 28.9. The second-order valence-electron chi connectivity index (χ2n) is 8.17. The van der Waals surface area contributed by atoms with Crippen molar-refractivity contribution < 1.29 is 13.2 Å². The van der Waals surface area contributed by atoms with Crippen LogP contribution in [0, 0.1) is 0 Å². The zero-order chi connectivity index (χ0) is 20.8. The zero-order valence-electron chi connectivity index (χ0n) is 16.9. The third kappa shape index (κ3) is 2.96. The van der Waals surface area contributed by atoms with E-state index in [1.807, 2.05) is 45.0 Å². The number of carbonyl (C=O) groups excluding carboxylic acids is 1. The maximum Gasteiger partial charge on any atom is 0.264 e. The molecule has 1 aliphatic heterocycles. The first kappa shape index (κ1) is 19.6. The van der Waals surface area contributed by atoms with Gasteiger partial charge in [-0.2, -0.15) is 0 Å². The molecule has 0 aromatic heterocycles. The average Bonchev–Trinajstić information content (AvgIpc) is 3.00. The van der Waals surface area contributed by atoms with Crippen LogP contribution in [-0.4, -0.2) is 20.2 Å². The van der Waals surface area contributed by atoms with Gasteiger partial charge in [-0.3, -0.25) is 9.10 Å². The molecule has 0 fully saturated rings. The molecule has 0 amide bonds. The van der Waals surface area contributed by atoms with Gasteiger partial charge < -0.3 is 0 Å². The molecule has 2 atom stereocenters. The molecule has 2 aromatic rings. The molecule has 2 aromatic carbocycles.